The van der Waals surface area contributed by atoms with Crippen LogP contribution in [-0.2, 0) is 6.42 Å². The van der Waals surface area contributed by atoms with Gasteiger partial charge in [-0.25, -0.2) is 0 Å². The number of fused-ring (bicyclic) bond motifs is 1. The maximum absolute atomic E-state index is 9.87. The minimum absolute atomic E-state index is 0.224. The van der Waals surface area contributed by atoms with Gasteiger partial charge in [-0.15, -0.1) is 0 Å². The number of aryl methyl sites for hydroxylation is 1. The molecule has 0 amide bonds. The van der Waals surface area contributed by atoms with E-state index in [9.17, 15) is 5.11 Å². The van der Waals surface area contributed by atoms with Gasteiger partial charge in [-0.05, 0) is 53.5 Å². The normalized spacial score (nSPS) is 11.1. The molecule has 0 radical (unpaired) electrons. The van der Waals surface area contributed by atoms with Crippen molar-refractivity contribution in [3.8, 4) is 5.75 Å². The molecule has 0 atom stereocenters. The second-order valence-electron chi connectivity index (χ2n) is 3.51. The fourth-order valence-electron chi connectivity index (χ4n) is 1.66. The van der Waals surface area contributed by atoms with Gasteiger partial charge >= 0.3 is 0 Å². The van der Waals surface area contributed by atoms with Crippen molar-refractivity contribution in [1.82, 2.24) is 0 Å². The van der Waals surface area contributed by atoms with E-state index in [-0.39, 0.29) is 5.75 Å². The van der Waals surface area contributed by atoms with Crippen molar-refractivity contribution in [3.05, 3.63) is 27.9 Å². The maximum atomic E-state index is 9.87. The molecule has 1 aromatic carbocycles. The summed E-state index contributed by atoms with van der Waals surface area (Å²) in [6.45, 7) is 2.40. The average Bonchev–Trinajstić information content (AvgIpc) is 2.56. The Morgan fingerprint density at radius 3 is 2.87 bits per heavy atom. The van der Waals surface area contributed by atoms with E-state index in [1.165, 1.54) is 0 Å². The molecule has 1 heterocycles. The number of nitrogens with two attached hydrogens (primary N) is 1. The highest BCUT2D eigenvalue weighted by molar-refractivity contribution is 9.10. The minimum Gasteiger partial charge on any atom is -0.506 e. The lowest BCUT2D eigenvalue weighted by Crippen LogP contribution is -2.02. The first-order chi connectivity index (χ1) is 7.13. The summed E-state index contributed by atoms with van der Waals surface area (Å²) in [5.41, 5.74) is 7.01. The van der Waals surface area contributed by atoms with Crippen LogP contribution in [0.15, 0.2) is 21.0 Å². The Morgan fingerprint density at radius 2 is 2.20 bits per heavy atom. The zero-order valence-corrected chi connectivity index (χ0v) is 9.97. The van der Waals surface area contributed by atoms with E-state index in [1.54, 1.807) is 0 Å². The molecule has 3 nitrogen and oxygen atoms in total. The summed E-state index contributed by atoms with van der Waals surface area (Å²) >= 11 is 3.33. The third-order valence-electron chi connectivity index (χ3n) is 2.34. The summed E-state index contributed by atoms with van der Waals surface area (Å²) < 4.78 is 6.08. The number of benzene rings is 1. The number of hydrogen-bond donors (Lipinski definition) is 2. The molecule has 2 aromatic rings. The molecule has 80 valence electrons. The summed E-state index contributed by atoms with van der Waals surface area (Å²) in [5.74, 6) is 1.05. The predicted molar refractivity (Wildman–Crippen MR) is 63.1 cm³/mol. The first-order valence-electron chi connectivity index (χ1n) is 4.74. The molecule has 0 bridgehead atoms. The van der Waals surface area contributed by atoms with Crippen molar-refractivity contribution in [1.29, 1.82) is 0 Å². The number of halogens is 1. The summed E-state index contributed by atoms with van der Waals surface area (Å²) in [6.07, 6.45) is 0.657. The maximum Gasteiger partial charge on any atom is 0.152 e. The van der Waals surface area contributed by atoms with Crippen LogP contribution in [-0.4, -0.2) is 11.7 Å². The molecule has 4 heteroatoms. The molecule has 0 aliphatic heterocycles. The Bertz CT molecular complexity index is 505. The monoisotopic (exact) mass is 269 g/mol. The van der Waals surface area contributed by atoms with Gasteiger partial charge in [-0.2, -0.15) is 0 Å². The fourth-order valence-corrected chi connectivity index (χ4v) is 2.23. The third kappa shape index (κ3) is 1.75. The van der Waals surface area contributed by atoms with Crippen molar-refractivity contribution in [2.45, 2.75) is 13.3 Å². The lowest BCUT2D eigenvalue weighted by molar-refractivity contribution is 0.463. The number of hydrogen-bond acceptors (Lipinski definition) is 3. The zero-order chi connectivity index (χ0) is 11.0. The quantitative estimate of drug-likeness (QED) is 0.882. The van der Waals surface area contributed by atoms with Crippen LogP contribution in [0.1, 0.15) is 11.3 Å². The third-order valence-corrected chi connectivity index (χ3v) is 3.07. The largest absolute Gasteiger partial charge is 0.506 e. The first kappa shape index (κ1) is 10.5. The molecular weight excluding hydrogens is 258 g/mol. The molecular formula is C11H12BrNO2. The van der Waals surface area contributed by atoms with Crippen LogP contribution in [0.25, 0.3) is 11.0 Å². The van der Waals surface area contributed by atoms with Gasteiger partial charge < -0.3 is 15.3 Å². The Morgan fingerprint density at radius 1 is 1.47 bits per heavy atom. The average molecular weight is 270 g/mol. The number of furan rings is 1. The second kappa shape index (κ2) is 3.87. The van der Waals surface area contributed by atoms with Crippen LogP contribution < -0.4 is 5.73 Å². The number of phenols is 1. The van der Waals surface area contributed by atoms with E-state index < -0.39 is 0 Å². The summed E-state index contributed by atoms with van der Waals surface area (Å²) in [5, 5.41) is 10.9. The molecule has 0 saturated heterocycles. The Hall–Kier alpha value is -1.00. The highest BCUT2D eigenvalue weighted by Crippen LogP contribution is 2.37. The lowest BCUT2D eigenvalue weighted by atomic mass is 10.1. The second-order valence-corrected chi connectivity index (χ2v) is 4.31. The first-order valence-corrected chi connectivity index (χ1v) is 5.53. The predicted octanol–water partition coefficient (Wildman–Crippen LogP) is 2.71. The Kier molecular flexibility index (Phi) is 2.71. The molecule has 0 aliphatic rings. The standard InChI is InChI=1S/C11H12BrNO2/c1-6-4-8-5-7(2-3-13)10(14)9(12)11(8)15-6/h4-5,14H,2-3,13H2,1H3. The minimum atomic E-state index is 0.224. The van der Waals surface area contributed by atoms with Crippen LogP contribution in [0.4, 0.5) is 0 Å². The molecule has 0 fully saturated rings. The number of phenolic OH excluding ortho intramolecular Hbond substituents is 1. The Labute approximate surface area is 96.0 Å². The smallest absolute Gasteiger partial charge is 0.152 e. The molecule has 2 rings (SSSR count). The van der Waals surface area contributed by atoms with Gasteiger partial charge in [0.2, 0.25) is 0 Å². The lowest BCUT2D eigenvalue weighted by Gasteiger charge is -2.05. The highest BCUT2D eigenvalue weighted by atomic mass is 79.9. The van der Waals surface area contributed by atoms with Gasteiger partial charge in [0.25, 0.3) is 0 Å². The summed E-state index contributed by atoms with van der Waals surface area (Å²) in [6, 6.07) is 3.86. The molecule has 1 aromatic heterocycles. The van der Waals surface area contributed by atoms with Gasteiger partial charge in [-0.3, -0.25) is 0 Å². The highest BCUT2D eigenvalue weighted by Gasteiger charge is 2.13. The number of aromatic hydroxyl groups is 1. The number of rotatable bonds is 2. The zero-order valence-electron chi connectivity index (χ0n) is 8.38. The van der Waals surface area contributed by atoms with Crippen molar-refractivity contribution >= 4 is 26.9 Å². The van der Waals surface area contributed by atoms with Crippen LogP contribution in [0.5, 0.6) is 5.75 Å². The van der Waals surface area contributed by atoms with Gasteiger partial charge in [0.05, 0.1) is 0 Å². The van der Waals surface area contributed by atoms with E-state index in [0.717, 1.165) is 16.7 Å². The van der Waals surface area contributed by atoms with E-state index in [0.29, 0.717) is 23.0 Å². The van der Waals surface area contributed by atoms with Gasteiger partial charge in [-0.1, -0.05) is 0 Å². The van der Waals surface area contributed by atoms with Crippen molar-refractivity contribution in [3.63, 3.8) is 0 Å². The molecule has 0 aliphatic carbocycles. The molecule has 15 heavy (non-hydrogen) atoms. The topological polar surface area (TPSA) is 59.4 Å². The van der Waals surface area contributed by atoms with Gasteiger partial charge in [0.1, 0.15) is 16.0 Å². The van der Waals surface area contributed by atoms with Crippen LogP contribution in [0.3, 0.4) is 0 Å². The van der Waals surface area contributed by atoms with E-state index >= 15 is 0 Å². The van der Waals surface area contributed by atoms with E-state index in [1.807, 2.05) is 19.1 Å². The van der Waals surface area contributed by atoms with E-state index in [2.05, 4.69) is 15.9 Å². The van der Waals surface area contributed by atoms with Crippen molar-refractivity contribution in [2.24, 2.45) is 5.73 Å². The molecule has 0 unspecified atom stereocenters. The van der Waals surface area contributed by atoms with Crippen LogP contribution in [0, 0.1) is 6.92 Å². The fraction of sp³-hybridized carbons (Fsp3) is 0.273. The van der Waals surface area contributed by atoms with Crippen molar-refractivity contribution in [2.75, 3.05) is 6.54 Å². The SMILES string of the molecule is Cc1cc2cc(CCN)c(O)c(Br)c2o1. The van der Waals surface area contributed by atoms with Crippen LogP contribution in [0.2, 0.25) is 0 Å². The molecule has 3 N–H and O–H groups in total. The summed E-state index contributed by atoms with van der Waals surface area (Å²) in [4.78, 5) is 0. The summed E-state index contributed by atoms with van der Waals surface area (Å²) in [7, 11) is 0. The van der Waals surface area contributed by atoms with Crippen LogP contribution >= 0.6 is 15.9 Å². The Balaban J connectivity index is 2.70. The van der Waals surface area contributed by atoms with E-state index in [4.69, 9.17) is 10.2 Å². The molecule has 0 saturated carbocycles. The molecule has 0 spiro atoms. The van der Waals surface area contributed by atoms with Gasteiger partial charge in [0.15, 0.2) is 5.58 Å². The van der Waals surface area contributed by atoms with Gasteiger partial charge in [0, 0.05) is 5.39 Å². The van der Waals surface area contributed by atoms with Crippen molar-refractivity contribution < 1.29 is 9.52 Å².